The van der Waals surface area contributed by atoms with Gasteiger partial charge in [0.05, 0.1) is 23.0 Å². The van der Waals surface area contributed by atoms with Crippen LogP contribution in [0.15, 0.2) is 204 Å². The van der Waals surface area contributed by atoms with E-state index in [1.165, 1.54) is 38.2 Å². The molecule has 3 atom stereocenters. The summed E-state index contributed by atoms with van der Waals surface area (Å²) in [5, 5.41) is 4.89. The summed E-state index contributed by atoms with van der Waals surface area (Å²) in [7, 11) is 2.14. The molecule has 58 heavy (non-hydrogen) atoms. The molecule has 0 fully saturated rings. The standard InChI is InChI=1S/C54H44N4/c1-54(30-8-10-32-58(54)2)45-28-26-41(27-29-45)52-36-51(40-24-22-39(23-25-40)50-21-7-9-31-55-50)56-53(57-52)44-34-42(48-19-11-15-37-13-3-5-17-46(37)48)33-43(35-44)49-20-12-16-38-14-4-6-18-47(38)49/h3-24,26-35,40,51H,25,36H2,1-2H3. The quantitative estimate of drug-likeness (QED) is 0.163. The van der Waals surface area contributed by atoms with E-state index in [-0.39, 0.29) is 17.5 Å². The molecule has 6 aromatic carbocycles. The third kappa shape index (κ3) is 6.61. The van der Waals surface area contributed by atoms with Gasteiger partial charge in [-0.15, -0.1) is 0 Å². The average molecular weight is 749 g/mol. The molecule has 1 aromatic heterocycles. The van der Waals surface area contributed by atoms with E-state index in [0.29, 0.717) is 0 Å². The van der Waals surface area contributed by atoms with Gasteiger partial charge >= 0.3 is 0 Å². The molecule has 2 aliphatic heterocycles. The molecule has 0 amide bonds. The molecular weight excluding hydrogens is 705 g/mol. The summed E-state index contributed by atoms with van der Waals surface area (Å²) in [5.74, 6) is 0.997. The van der Waals surface area contributed by atoms with Gasteiger partial charge < -0.3 is 4.90 Å². The van der Waals surface area contributed by atoms with Gasteiger partial charge in [-0.1, -0.05) is 146 Å². The highest BCUT2D eigenvalue weighted by Gasteiger charge is 2.30. The topological polar surface area (TPSA) is 40.9 Å². The highest BCUT2D eigenvalue weighted by Crippen LogP contribution is 2.38. The Kier molecular flexibility index (Phi) is 9.10. The van der Waals surface area contributed by atoms with Crippen LogP contribution < -0.4 is 0 Å². The zero-order valence-electron chi connectivity index (χ0n) is 32.8. The number of likely N-dealkylation sites (N-methyl/N-ethyl adjacent to an activating group) is 1. The normalized spacial score (nSPS) is 20.2. The maximum atomic E-state index is 5.57. The van der Waals surface area contributed by atoms with Crippen molar-refractivity contribution in [1.82, 2.24) is 9.88 Å². The van der Waals surface area contributed by atoms with Gasteiger partial charge in [0.2, 0.25) is 0 Å². The lowest BCUT2D eigenvalue weighted by molar-refractivity contribution is 0.262. The summed E-state index contributed by atoms with van der Waals surface area (Å²) >= 11 is 0. The van der Waals surface area contributed by atoms with Crippen molar-refractivity contribution in [2.75, 3.05) is 7.05 Å². The summed E-state index contributed by atoms with van der Waals surface area (Å²) in [5.41, 5.74) is 11.1. The molecular formula is C54H44N4. The number of rotatable bonds is 7. The second-order valence-electron chi connectivity index (χ2n) is 15.8. The van der Waals surface area contributed by atoms with Gasteiger partial charge in [-0.25, -0.2) is 4.99 Å². The van der Waals surface area contributed by atoms with Gasteiger partial charge in [-0.05, 0) is 116 Å². The first-order chi connectivity index (χ1) is 28.5. The van der Waals surface area contributed by atoms with Crippen molar-refractivity contribution in [3.63, 3.8) is 0 Å². The van der Waals surface area contributed by atoms with Crippen LogP contribution in [0.4, 0.5) is 0 Å². The largest absolute Gasteiger partial charge is 0.368 e. The second kappa shape index (κ2) is 14.9. The van der Waals surface area contributed by atoms with Crippen molar-refractivity contribution in [3.05, 3.63) is 217 Å². The Morgan fingerprint density at radius 2 is 1.31 bits per heavy atom. The number of nitrogens with zero attached hydrogens (tertiary/aromatic N) is 4. The summed E-state index contributed by atoms with van der Waals surface area (Å²) in [6, 6.07) is 52.6. The van der Waals surface area contributed by atoms with Crippen LogP contribution in [0.1, 0.15) is 42.1 Å². The molecule has 0 saturated carbocycles. The lowest BCUT2D eigenvalue weighted by Crippen LogP contribution is -2.37. The number of fused-ring (bicyclic) bond motifs is 2. The number of pyridine rings is 1. The zero-order chi connectivity index (χ0) is 39.1. The summed E-state index contributed by atoms with van der Waals surface area (Å²) in [6.07, 6.45) is 19.0. The van der Waals surface area contributed by atoms with Crippen LogP contribution in [0.2, 0.25) is 0 Å². The molecule has 280 valence electrons. The predicted molar refractivity (Wildman–Crippen MR) is 243 cm³/mol. The van der Waals surface area contributed by atoms with Crippen LogP contribution in [0.3, 0.4) is 0 Å². The van der Waals surface area contributed by atoms with Crippen LogP contribution in [0, 0.1) is 5.92 Å². The van der Waals surface area contributed by atoms with Gasteiger partial charge in [-0.2, -0.15) is 0 Å². The second-order valence-corrected chi connectivity index (χ2v) is 15.8. The molecule has 7 aromatic rings. The lowest BCUT2D eigenvalue weighted by Gasteiger charge is -2.38. The summed E-state index contributed by atoms with van der Waals surface area (Å²) in [4.78, 5) is 17.9. The van der Waals surface area contributed by atoms with Crippen molar-refractivity contribution >= 4 is 38.7 Å². The third-order valence-corrected chi connectivity index (χ3v) is 12.3. The molecule has 0 spiro atoms. The van der Waals surface area contributed by atoms with Crippen LogP contribution in [-0.4, -0.2) is 34.5 Å². The van der Waals surface area contributed by atoms with Gasteiger partial charge in [-0.3, -0.25) is 9.98 Å². The van der Waals surface area contributed by atoms with Crippen molar-refractivity contribution in [3.8, 4) is 22.3 Å². The molecule has 0 radical (unpaired) electrons. The molecule has 10 rings (SSSR count). The zero-order valence-corrected chi connectivity index (χ0v) is 32.8. The van der Waals surface area contributed by atoms with E-state index in [0.717, 1.165) is 57.9 Å². The number of allylic oxidation sites excluding steroid dienone is 5. The first-order valence-corrected chi connectivity index (χ1v) is 20.3. The van der Waals surface area contributed by atoms with Gasteiger partial charge in [0.25, 0.3) is 0 Å². The number of aliphatic imine (C=N–C) groups is 2. The van der Waals surface area contributed by atoms with E-state index in [4.69, 9.17) is 9.98 Å². The minimum Gasteiger partial charge on any atom is -0.368 e. The Labute approximate surface area is 340 Å². The van der Waals surface area contributed by atoms with Crippen LogP contribution in [0.25, 0.3) is 49.4 Å². The Bertz CT molecular complexity index is 2770. The number of hydrogen-bond acceptors (Lipinski definition) is 4. The SMILES string of the molecule is CN1C=CC=CC1(C)c1ccc(C2=NC(c3cc(-c4cccc5ccccc45)cc(-c4cccc5ccccc45)c3)=NC(C3C=CC(c4ccccn4)=CC3)C2)cc1. The van der Waals surface area contributed by atoms with Gasteiger partial charge in [0.1, 0.15) is 0 Å². The third-order valence-electron chi connectivity index (χ3n) is 12.3. The molecule has 1 aliphatic carbocycles. The maximum absolute atomic E-state index is 5.57. The minimum absolute atomic E-state index is 0.0113. The lowest BCUT2D eigenvalue weighted by atomic mass is 9.84. The monoisotopic (exact) mass is 748 g/mol. The number of aromatic nitrogens is 1. The van der Waals surface area contributed by atoms with E-state index in [1.807, 2.05) is 18.3 Å². The highest BCUT2D eigenvalue weighted by molar-refractivity contribution is 6.15. The maximum Gasteiger partial charge on any atom is 0.155 e. The minimum atomic E-state index is -0.221. The first-order valence-electron chi connectivity index (χ1n) is 20.3. The van der Waals surface area contributed by atoms with E-state index < -0.39 is 0 Å². The highest BCUT2D eigenvalue weighted by atomic mass is 15.1. The Morgan fingerprint density at radius 3 is 1.95 bits per heavy atom. The number of amidine groups is 1. The Hall–Kier alpha value is -6.91. The number of benzene rings is 6. The molecule has 0 bridgehead atoms. The van der Waals surface area contributed by atoms with Crippen LogP contribution >= 0.6 is 0 Å². The predicted octanol–water partition coefficient (Wildman–Crippen LogP) is 12.6. The molecule has 0 N–H and O–H groups in total. The number of hydrogen-bond donors (Lipinski definition) is 0. The van der Waals surface area contributed by atoms with E-state index in [2.05, 4.69) is 200 Å². The van der Waals surface area contributed by atoms with Crippen molar-refractivity contribution in [1.29, 1.82) is 0 Å². The van der Waals surface area contributed by atoms with Crippen molar-refractivity contribution < 1.29 is 0 Å². The smallest absolute Gasteiger partial charge is 0.155 e. The van der Waals surface area contributed by atoms with Gasteiger partial charge in [0.15, 0.2) is 5.84 Å². The first kappa shape index (κ1) is 35.5. The Balaban J connectivity index is 1.11. The summed E-state index contributed by atoms with van der Waals surface area (Å²) < 4.78 is 0. The van der Waals surface area contributed by atoms with E-state index in [9.17, 15) is 0 Å². The molecule has 3 aliphatic rings. The Morgan fingerprint density at radius 1 is 0.655 bits per heavy atom. The average Bonchev–Trinajstić information content (AvgIpc) is 3.29. The molecule has 3 unspecified atom stereocenters. The van der Waals surface area contributed by atoms with E-state index >= 15 is 0 Å². The van der Waals surface area contributed by atoms with E-state index in [1.54, 1.807) is 0 Å². The molecule has 3 heterocycles. The molecule has 0 saturated heterocycles. The molecule has 4 heteroatoms. The van der Waals surface area contributed by atoms with Crippen molar-refractivity contribution in [2.45, 2.75) is 31.3 Å². The fourth-order valence-electron chi connectivity index (χ4n) is 8.83. The fourth-order valence-corrected chi connectivity index (χ4v) is 8.83. The summed E-state index contributed by atoms with van der Waals surface area (Å²) in [6.45, 7) is 2.26. The van der Waals surface area contributed by atoms with Gasteiger partial charge in [0, 0.05) is 31.1 Å². The van der Waals surface area contributed by atoms with Crippen LogP contribution in [0.5, 0.6) is 0 Å². The van der Waals surface area contributed by atoms with Crippen molar-refractivity contribution in [2.24, 2.45) is 15.9 Å². The fraction of sp³-hybridized carbons (Fsp3) is 0.130. The van der Waals surface area contributed by atoms with Crippen LogP contribution in [-0.2, 0) is 5.54 Å². The molecule has 4 nitrogen and oxygen atoms in total.